The van der Waals surface area contributed by atoms with E-state index in [1.165, 1.54) is 0 Å². The highest BCUT2D eigenvalue weighted by atomic mass is 16.3. The molecule has 2 unspecified atom stereocenters. The number of aliphatic hydroxyl groups excluding tert-OH is 1. The van der Waals surface area contributed by atoms with Crippen molar-refractivity contribution in [2.75, 3.05) is 13.6 Å². The lowest BCUT2D eigenvalue weighted by molar-refractivity contribution is -0.117. The maximum atomic E-state index is 11.8. The maximum absolute atomic E-state index is 11.8. The third-order valence-electron chi connectivity index (χ3n) is 3.47. The van der Waals surface area contributed by atoms with E-state index in [4.69, 9.17) is 0 Å². The lowest BCUT2D eigenvalue weighted by Crippen LogP contribution is -2.31. The fourth-order valence-electron chi connectivity index (χ4n) is 2.66. The summed E-state index contributed by atoms with van der Waals surface area (Å²) in [6.45, 7) is 0.298. The van der Waals surface area contributed by atoms with Crippen LogP contribution in [0.15, 0.2) is 35.1 Å². The van der Waals surface area contributed by atoms with E-state index in [1.807, 2.05) is 25.4 Å². The van der Waals surface area contributed by atoms with Gasteiger partial charge in [0.05, 0.1) is 12.1 Å². The molecule has 0 saturated heterocycles. The monoisotopic (exact) mass is 218 g/mol. The smallest absolute Gasteiger partial charge is 0.251 e. The van der Waals surface area contributed by atoms with Crippen LogP contribution in [0, 0.1) is 0 Å². The minimum atomic E-state index is -0.588. The summed E-state index contributed by atoms with van der Waals surface area (Å²) in [4.78, 5) is 13.9. The average molecular weight is 218 g/mol. The number of carbonyl (C=O) groups excluding carboxylic acids is 1. The SMILES string of the molecule is CN1C=C2C3=C(C=CCC31)C(=O)NCC2O. The summed E-state index contributed by atoms with van der Waals surface area (Å²) in [5.74, 6) is -0.0753. The van der Waals surface area contributed by atoms with Gasteiger partial charge in [0.2, 0.25) is 0 Å². The molecule has 4 nitrogen and oxygen atoms in total. The molecule has 2 aliphatic heterocycles. The first-order valence-corrected chi connectivity index (χ1v) is 5.49. The molecule has 0 aromatic rings. The van der Waals surface area contributed by atoms with E-state index in [0.29, 0.717) is 12.1 Å². The fourth-order valence-corrected chi connectivity index (χ4v) is 2.66. The Labute approximate surface area is 93.9 Å². The van der Waals surface area contributed by atoms with Gasteiger partial charge in [-0.2, -0.15) is 0 Å². The van der Waals surface area contributed by atoms with E-state index in [0.717, 1.165) is 17.6 Å². The van der Waals surface area contributed by atoms with Crippen molar-refractivity contribution in [3.63, 3.8) is 0 Å². The highest BCUT2D eigenvalue weighted by Gasteiger charge is 2.37. The van der Waals surface area contributed by atoms with Crippen LogP contribution < -0.4 is 5.32 Å². The third kappa shape index (κ3) is 1.16. The summed E-state index contributed by atoms with van der Waals surface area (Å²) in [6, 6.07) is 0.216. The molecule has 0 aromatic carbocycles. The minimum Gasteiger partial charge on any atom is -0.386 e. The number of hydrogen-bond donors (Lipinski definition) is 2. The Hall–Kier alpha value is -1.55. The number of β-amino-alcohol motifs (C(OH)–C–C–N with tert-alkyl or cyclic N) is 1. The molecule has 1 aliphatic carbocycles. The number of aliphatic hydroxyl groups is 1. The standard InChI is InChI=1S/C12H14N2O2/c1-14-6-8-10(15)5-13-12(16)7-3-2-4-9(14)11(7)8/h2-3,6,9-10,15H,4-5H2,1H3,(H,13,16). The van der Waals surface area contributed by atoms with Crippen molar-refractivity contribution in [1.29, 1.82) is 0 Å². The van der Waals surface area contributed by atoms with E-state index in [1.54, 1.807) is 0 Å². The van der Waals surface area contributed by atoms with Gasteiger partial charge >= 0.3 is 0 Å². The summed E-state index contributed by atoms with van der Waals surface area (Å²) in [5, 5.41) is 12.7. The summed E-state index contributed by atoms with van der Waals surface area (Å²) >= 11 is 0. The molecule has 0 aromatic heterocycles. The predicted octanol–water partition coefficient (Wildman–Crippen LogP) is -0.0685. The van der Waals surface area contributed by atoms with Crippen molar-refractivity contribution < 1.29 is 9.90 Å². The van der Waals surface area contributed by atoms with Crippen LogP contribution in [0.3, 0.4) is 0 Å². The molecule has 0 radical (unpaired) electrons. The molecule has 0 spiro atoms. The normalized spacial score (nSPS) is 32.2. The molecular weight excluding hydrogens is 204 g/mol. The molecule has 0 fully saturated rings. The van der Waals surface area contributed by atoms with Crippen LogP contribution in [0.25, 0.3) is 0 Å². The van der Waals surface area contributed by atoms with Crippen molar-refractivity contribution in [3.05, 3.63) is 35.1 Å². The molecule has 4 heteroatoms. The summed E-state index contributed by atoms with van der Waals surface area (Å²) in [5.41, 5.74) is 2.61. The molecule has 16 heavy (non-hydrogen) atoms. The highest BCUT2D eigenvalue weighted by molar-refractivity contribution is 5.99. The maximum Gasteiger partial charge on any atom is 0.251 e. The van der Waals surface area contributed by atoms with Crippen molar-refractivity contribution in [3.8, 4) is 0 Å². The molecule has 0 saturated carbocycles. The zero-order chi connectivity index (χ0) is 11.3. The van der Waals surface area contributed by atoms with Gasteiger partial charge < -0.3 is 15.3 Å². The lowest BCUT2D eigenvalue weighted by atomic mass is 9.88. The summed E-state index contributed by atoms with van der Waals surface area (Å²) in [7, 11) is 1.99. The van der Waals surface area contributed by atoms with Crippen LogP contribution >= 0.6 is 0 Å². The first-order valence-electron chi connectivity index (χ1n) is 5.49. The zero-order valence-electron chi connectivity index (χ0n) is 9.10. The second-order valence-corrected chi connectivity index (χ2v) is 4.46. The van der Waals surface area contributed by atoms with Crippen LogP contribution in [-0.4, -0.2) is 41.7 Å². The van der Waals surface area contributed by atoms with E-state index in [-0.39, 0.29) is 11.9 Å². The van der Waals surface area contributed by atoms with E-state index >= 15 is 0 Å². The van der Waals surface area contributed by atoms with Gasteiger partial charge in [0.1, 0.15) is 0 Å². The minimum absolute atomic E-state index is 0.0753. The van der Waals surface area contributed by atoms with Crippen molar-refractivity contribution in [2.45, 2.75) is 18.6 Å². The number of amides is 1. The van der Waals surface area contributed by atoms with Crippen LogP contribution in [0.2, 0.25) is 0 Å². The van der Waals surface area contributed by atoms with Crippen molar-refractivity contribution >= 4 is 5.91 Å². The molecule has 2 heterocycles. The van der Waals surface area contributed by atoms with Gasteiger partial charge in [0.15, 0.2) is 0 Å². The Balaban J connectivity index is 2.18. The van der Waals surface area contributed by atoms with Crippen molar-refractivity contribution in [2.24, 2.45) is 0 Å². The number of likely N-dealkylation sites (N-methyl/N-ethyl adjacent to an activating group) is 1. The van der Waals surface area contributed by atoms with Gasteiger partial charge in [-0.1, -0.05) is 12.2 Å². The Bertz CT molecular complexity index is 448. The highest BCUT2D eigenvalue weighted by Crippen LogP contribution is 2.37. The molecule has 84 valence electrons. The zero-order valence-corrected chi connectivity index (χ0v) is 9.10. The Morgan fingerprint density at radius 1 is 1.56 bits per heavy atom. The lowest BCUT2D eigenvalue weighted by Gasteiger charge is -2.24. The fraction of sp³-hybridized carbons (Fsp3) is 0.417. The number of rotatable bonds is 0. The topological polar surface area (TPSA) is 52.6 Å². The van der Waals surface area contributed by atoms with Gasteiger partial charge in [0, 0.05) is 30.9 Å². The molecule has 1 amide bonds. The van der Waals surface area contributed by atoms with E-state index < -0.39 is 6.10 Å². The number of nitrogens with one attached hydrogen (secondary N) is 1. The van der Waals surface area contributed by atoms with Gasteiger partial charge in [-0.05, 0) is 12.0 Å². The first-order chi connectivity index (χ1) is 7.68. The number of nitrogens with zero attached hydrogens (tertiary/aromatic N) is 1. The van der Waals surface area contributed by atoms with Crippen LogP contribution in [0.4, 0.5) is 0 Å². The number of hydrogen-bond acceptors (Lipinski definition) is 3. The average Bonchev–Trinajstić information content (AvgIpc) is 2.58. The Morgan fingerprint density at radius 2 is 2.38 bits per heavy atom. The predicted molar refractivity (Wildman–Crippen MR) is 59.4 cm³/mol. The van der Waals surface area contributed by atoms with Crippen LogP contribution in [-0.2, 0) is 4.79 Å². The molecular formula is C12H14N2O2. The second-order valence-electron chi connectivity index (χ2n) is 4.46. The van der Waals surface area contributed by atoms with Gasteiger partial charge in [-0.3, -0.25) is 4.79 Å². The molecule has 0 bridgehead atoms. The Morgan fingerprint density at radius 3 is 3.19 bits per heavy atom. The number of carbonyl (C=O) groups is 1. The largest absolute Gasteiger partial charge is 0.386 e. The van der Waals surface area contributed by atoms with Gasteiger partial charge in [-0.25, -0.2) is 0 Å². The van der Waals surface area contributed by atoms with E-state index in [9.17, 15) is 9.90 Å². The van der Waals surface area contributed by atoms with Crippen molar-refractivity contribution in [1.82, 2.24) is 10.2 Å². The quantitative estimate of drug-likeness (QED) is 0.598. The van der Waals surface area contributed by atoms with Crippen LogP contribution in [0.1, 0.15) is 6.42 Å². The Kier molecular flexibility index (Phi) is 1.94. The molecule has 3 rings (SSSR count). The molecule has 2 N–H and O–H groups in total. The van der Waals surface area contributed by atoms with Gasteiger partial charge in [0.25, 0.3) is 5.91 Å². The molecule has 3 aliphatic rings. The summed E-state index contributed by atoms with van der Waals surface area (Å²) in [6.07, 6.45) is 6.16. The first kappa shape index (κ1) is 9.66. The second kappa shape index (κ2) is 3.22. The van der Waals surface area contributed by atoms with E-state index in [2.05, 4.69) is 10.2 Å². The third-order valence-corrected chi connectivity index (χ3v) is 3.47. The summed E-state index contributed by atoms with van der Waals surface area (Å²) < 4.78 is 0. The van der Waals surface area contributed by atoms with Gasteiger partial charge in [-0.15, -0.1) is 0 Å². The van der Waals surface area contributed by atoms with Crippen LogP contribution in [0.5, 0.6) is 0 Å². The molecule has 2 atom stereocenters.